The summed E-state index contributed by atoms with van der Waals surface area (Å²) < 4.78 is 0. The quantitative estimate of drug-likeness (QED) is 0.820. The summed E-state index contributed by atoms with van der Waals surface area (Å²) in [4.78, 5) is 26.8. The highest BCUT2D eigenvalue weighted by atomic mass is 35.5. The van der Waals surface area contributed by atoms with Crippen LogP contribution in [0, 0.1) is 5.92 Å². The lowest BCUT2D eigenvalue weighted by Crippen LogP contribution is -2.45. The van der Waals surface area contributed by atoms with Crippen LogP contribution >= 0.6 is 23.2 Å². The number of carboxylic acids is 1. The van der Waals surface area contributed by atoms with Crippen molar-refractivity contribution in [3.8, 4) is 0 Å². The molecule has 0 aliphatic heterocycles. The number of nitrogens with one attached hydrogen (secondary N) is 1. The van der Waals surface area contributed by atoms with Gasteiger partial charge in [0.2, 0.25) is 0 Å². The Labute approximate surface area is 120 Å². The number of aliphatic carboxylic acids is 1. The van der Waals surface area contributed by atoms with Crippen LogP contribution in [0.1, 0.15) is 30.6 Å². The molecule has 0 saturated carbocycles. The van der Waals surface area contributed by atoms with Crippen molar-refractivity contribution in [1.29, 1.82) is 0 Å². The molecular weight excluding hydrogens is 291 g/mol. The van der Waals surface area contributed by atoms with Crippen molar-refractivity contribution in [2.24, 2.45) is 5.92 Å². The molecule has 19 heavy (non-hydrogen) atoms. The van der Waals surface area contributed by atoms with Gasteiger partial charge in [-0.3, -0.25) is 4.79 Å². The maximum absolute atomic E-state index is 12.0. The van der Waals surface area contributed by atoms with E-state index in [4.69, 9.17) is 28.3 Å². The SMILES string of the molecule is CCC(C)C(NC(=O)c1cc(Cl)nc(Cl)c1)C(=O)O. The van der Waals surface area contributed by atoms with Crippen molar-refractivity contribution in [1.82, 2.24) is 10.3 Å². The highest BCUT2D eigenvalue weighted by molar-refractivity contribution is 6.33. The minimum Gasteiger partial charge on any atom is -0.480 e. The monoisotopic (exact) mass is 304 g/mol. The number of carbonyl (C=O) groups is 2. The molecule has 7 heteroatoms. The predicted molar refractivity (Wildman–Crippen MR) is 72.6 cm³/mol. The molecule has 0 radical (unpaired) electrons. The summed E-state index contributed by atoms with van der Waals surface area (Å²) in [7, 11) is 0. The Morgan fingerprint density at radius 1 is 1.37 bits per heavy atom. The molecule has 0 spiro atoms. The van der Waals surface area contributed by atoms with E-state index in [1.54, 1.807) is 6.92 Å². The van der Waals surface area contributed by atoms with Gasteiger partial charge in [0.25, 0.3) is 5.91 Å². The summed E-state index contributed by atoms with van der Waals surface area (Å²) in [6.07, 6.45) is 0.634. The first kappa shape index (κ1) is 15.7. The van der Waals surface area contributed by atoms with Crippen molar-refractivity contribution < 1.29 is 14.7 Å². The van der Waals surface area contributed by atoms with Crippen molar-refractivity contribution in [2.75, 3.05) is 0 Å². The van der Waals surface area contributed by atoms with Gasteiger partial charge in [0.15, 0.2) is 0 Å². The first-order valence-corrected chi connectivity index (χ1v) is 6.47. The Hall–Kier alpha value is -1.33. The van der Waals surface area contributed by atoms with Gasteiger partial charge in [-0.05, 0) is 18.1 Å². The highest BCUT2D eigenvalue weighted by Crippen LogP contribution is 2.15. The molecule has 1 heterocycles. The molecule has 0 bridgehead atoms. The molecule has 2 N–H and O–H groups in total. The molecule has 0 fully saturated rings. The molecule has 104 valence electrons. The third-order valence-electron chi connectivity index (χ3n) is 2.79. The van der Waals surface area contributed by atoms with Crippen molar-refractivity contribution in [2.45, 2.75) is 26.3 Å². The van der Waals surface area contributed by atoms with Gasteiger partial charge in [0.05, 0.1) is 0 Å². The third-order valence-corrected chi connectivity index (χ3v) is 3.18. The average molecular weight is 305 g/mol. The lowest BCUT2D eigenvalue weighted by Gasteiger charge is -2.20. The number of rotatable bonds is 5. The van der Waals surface area contributed by atoms with E-state index in [0.29, 0.717) is 6.42 Å². The summed E-state index contributed by atoms with van der Waals surface area (Å²) in [5.41, 5.74) is 0.180. The average Bonchev–Trinajstić information content (AvgIpc) is 2.33. The lowest BCUT2D eigenvalue weighted by molar-refractivity contribution is -0.140. The molecule has 0 aliphatic carbocycles. The second-order valence-electron chi connectivity index (χ2n) is 4.18. The molecule has 1 amide bonds. The van der Waals surface area contributed by atoms with E-state index in [9.17, 15) is 9.59 Å². The van der Waals surface area contributed by atoms with E-state index >= 15 is 0 Å². The maximum atomic E-state index is 12.0. The smallest absolute Gasteiger partial charge is 0.326 e. The van der Waals surface area contributed by atoms with Crippen molar-refractivity contribution >= 4 is 35.1 Å². The first-order valence-electron chi connectivity index (χ1n) is 5.72. The zero-order valence-electron chi connectivity index (χ0n) is 10.5. The van der Waals surface area contributed by atoms with Crippen LogP contribution in [-0.2, 0) is 4.79 Å². The molecule has 5 nitrogen and oxygen atoms in total. The summed E-state index contributed by atoms with van der Waals surface area (Å²) >= 11 is 11.4. The largest absolute Gasteiger partial charge is 0.480 e. The summed E-state index contributed by atoms with van der Waals surface area (Å²) in [6.45, 7) is 3.61. The van der Waals surface area contributed by atoms with Gasteiger partial charge in [0.1, 0.15) is 16.3 Å². The zero-order valence-corrected chi connectivity index (χ0v) is 12.0. The highest BCUT2D eigenvalue weighted by Gasteiger charge is 2.25. The molecule has 0 saturated heterocycles. The predicted octanol–water partition coefficient (Wildman–Crippen LogP) is 2.62. The summed E-state index contributed by atoms with van der Waals surface area (Å²) in [5, 5.41) is 11.7. The number of hydrogen-bond donors (Lipinski definition) is 2. The van der Waals surface area contributed by atoms with Crippen molar-refractivity contribution in [3.63, 3.8) is 0 Å². The second-order valence-corrected chi connectivity index (χ2v) is 4.95. The van der Waals surface area contributed by atoms with Gasteiger partial charge >= 0.3 is 5.97 Å². The fraction of sp³-hybridized carbons (Fsp3) is 0.417. The molecule has 1 aromatic heterocycles. The molecule has 2 unspecified atom stereocenters. The lowest BCUT2D eigenvalue weighted by atomic mass is 9.99. The van der Waals surface area contributed by atoms with E-state index in [-0.39, 0.29) is 21.8 Å². The van der Waals surface area contributed by atoms with Crippen LogP contribution in [0.15, 0.2) is 12.1 Å². The fourth-order valence-electron chi connectivity index (χ4n) is 1.50. The van der Waals surface area contributed by atoms with Crippen LogP contribution in [0.2, 0.25) is 10.3 Å². The number of halogens is 2. The van der Waals surface area contributed by atoms with E-state index < -0.39 is 17.9 Å². The second kappa shape index (κ2) is 6.73. The van der Waals surface area contributed by atoms with Gasteiger partial charge in [-0.25, -0.2) is 9.78 Å². The molecule has 2 atom stereocenters. The summed E-state index contributed by atoms with van der Waals surface area (Å²) in [6, 6.07) is 1.71. The number of hydrogen-bond acceptors (Lipinski definition) is 3. The number of pyridine rings is 1. The van der Waals surface area contributed by atoms with E-state index in [2.05, 4.69) is 10.3 Å². The normalized spacial score (nSPS) is 13.7. The molecule has 1 rings (SSSR count). The minimum atomic E-state index is -1.08. The van der Waals surface area contributed by atoms with Crippen LogP contribution in [0.3, 0.4) is 0 Å². The Morgan fingerprint density at radius 3 is 2.32 bits per heavy atom. The number of carboxylic acid groups (broad SMARTS) is 1. The Kier molecular flexibility index (Phi) is 5.57. The number of amides is 1. The molecule has 0 aliphatic rings. The van der Waals surface area contributed by atoms with Crippen LogP contribution in [0.25, 0.3) is 0 Å². The topological polar surface area (TPSA) is 79.3 Å². The van der Waals surface area contributed by atoms with Gasteiger partial charge in [-0.15, -0.1) is 0 Å². The van der Waals surface area contributed by atoms with E-state index in [1.807, 2.05) is 6.92 Å². The van der Waals surface area contributed by atoms with Crippen LogP contribution < -0.4 is 5.32 Å². The van der Waals surface area contributed by atoms with Crippen molar-refractivity contribution in [3.05, 3.63) is 28.0 Å². The van der Waals surface area contributed by atoms with E-state index in [1.165, 1.54) is 12.1 Å². The fourth-order valence-corrected chi connectivity index (χ4v) is 1.96. The number of carbonyl (C=O) groups excluding carboxylic acids is 1. The van der Waals surface area contributed by atoms with Gasteiger partial charge < -0.3 is 10.4 Å². The summed E-state index contributed by atoms with van der Waals surface area (Å²) in [5.74, 6) is -1.80. The minimum absolute atomic E-state index is 0.0769. The maximum Gasteiger partial charge on any atom is 0.326 e. The molecule has 1 aromatic rings. The van der Waals surface area contributed by atoms with E-state index in [0.717, 1.165) is 0 Å². The Bertz CT molecular complexity index is 474. The molecule has 0 aromatic carbocycles. The van der Waals surface area contributed by atoms with Gasteiger partial charge in [-0.2, -0.15) is 0 Å². The number of aromatic nitrogens is 1. The molecular formula is C12H14Cl2N2O3. The van der Waals surface area contributed by atoms with Gasteiger partial charge in [-0.1, -0.05) is 43.5 Å². The van der Waals surface area contributed by atoms with Crippen LogP contribution in [-0.4, -0.2) is 28.0 Å². The van der Waals surface area contributed by atoms with Gasteiger partial charge in [0, 0.05) is 5.56 Å². The van der Waals surface area contributed by atoms with Crippen LogP contribution in [0.4, 0.5) is 0 Å². The Morgan fingerprint density at radius 2 is 1.89 bits per heavy atom. The standard InChI is InChI=1S/C12H14Cl2N2O3/c1-3-6(2)10(12(18)19)16-11(17)7-4-8(13)15-9(14)5-7/h4-6,10H,3H2,1-2H3,(H,16,17)(H,18,19). The Balaban J connectivity index is 2.90. The first-order chi connectivity index (χ1) is 8.85. The van der Waals surface area contributed by atoms with Crippen LogP contribution in [0.5, 0.6) is 0 Å². The zero-order chi connectivity index (χ0) is 14.6. The third kappa shape index (κ3) is 4.36. The number of nitrogens with zero attached hydrogens (tertiary/aromatic N) is 1.